The van der Waals surface area contributed by atoms with Crippen LogP contribution in [-0.4, -0.2) is 24.2 Å². The minimum atomic E-state index is -0.785. The van der Waals surface area contributed by atoms with Crippen LogP contribution < -0.4 is 10.1 Å². The van der Waals surface area contributed by atoms with Gasteiger partial charge >= 0.3 is 0 Å². The number of aliphatic hydroxyl groups is 1. The lowest BCUT2D eigenvalue weighted by atomic mass is 10.0. The van der Waals surface area contributed by atoms with E-state index in [1.54, 1.807) is 38.3 Å². The fraction of sp³-hybridized carbons (Fsp3) is 0.278. The van der Waals surface area contributed by atoms with E-state index in [1.165, 1.54) is 0 Å². The molecule has 2 aromatic rings. The van der Waals surface area contributed by atoms with E-state index in [0.717, 1.165) is 11.3 Å². The standard InChI is InChI=1S/C18H20ClNO3/c1-12(18(22)14-5-7-15(19)8-6-14)20-17(21)11-13-3-9-16(23-2)10-4-13/h3-10,12,18,22H,11H2,1-2H3,(H,20,21). The van der Waals surface area contributed by atoms with Gasteiger partial charge in [-0.05, 0) is 42.3 Å². The smallest absolute Gasteiger partial charge is 0.224 e. The van der Waals surface area contributed by atoms with E-state index < -0.39 is 12.1 Å². The van der Waals surface area contributed by atoms with Gasteiger partial charge in [0.25, 0.3) is 0 Å². The quantitative estimate of drug-likeness (QED) is 0.854. The van der Waals surface area contributed by atoms with E-state index in [1.807, 2.05) is 24.3 Å². The van der Waals surface area contributed by atoms with Crippen LogP contribution >= 0.6 is 11.6 Å². The summed E-state index contributed by atoms with van der Waals surface area (Å²) in [4.78, 5) is 12.1. The van der Waals surface area contributed by atoms with Gasteiger partial charge in [0, 0.05) is 5.02 Å². The average Bonchev–Trinajstić information content (AvgIpc) is 2.55. The van der Waals surface area contributed by atoms with Crippen LogP contribution in [0.15, 0.2) is 48.5 Å². The summed E-state index contributed by atoms with van der Waals surface area (Å²) in [5.41, 5.74) is 1.60. The molecule has 0 aliphatic carbocycles. The van der Waals surface area contributed by atoms with Crippen LogP contribution in [0.4, 0.5) is 0 Å². The van der Waals surface area contributed by atoms with Crippen molar-refractivity contribution in [2.45, 2.75) is 25.5 Å². The number of nitrogens with one attached hydrogen (secondary N) is 1. The van der Waals surface area contributed by atoms with Crippen molar-refractivity contribution in [3.8, 4) is 5.75 Å². The SMILES string of the molecule is COc1ccc(CC(=O)NC(C)C(O)c2ccc(Cl)cc2)cc1. The molecule has 0 aromatic heterocycles. The molecule has 0 radical (unpaired) electrons. The Morgan fingerprint density at radius 2 is 1.78 bits per heavy atom. The van der Waals surface area contributed by atoms with E-state index in [4.69, 9.17) is 16.3 Å². The molecule has 122 valence electrons. The van der Waals surface area contributed by atoms with Crippen molar-refractivity contribution in [2.24, 2.45) is 0 Å². The summed E-state index contributed by atoms with van der Waals surface area (Å²) in [6.45, 7) is 1.77. The largest absolute Gasteiger partial charge is 0.497 e. The Labute approximate surface area is 141 Å². The van der Waals surface area contributed by atoms with Crippen LogP contribution in [0.3, 0.4) is 0 Å². The van der Waals surface area contributed by atoms with Crippen molar-refractivity contribution in [3.63, 3.8) is 0 Å². The Bertz CT molecular complexity index is 640. The molecule has 2 rings (SSSR count). The lowest BCUT2D eigenvalue weighted by Crippen LogP contribution is -2.37. The van der Waals surface area contributed by atoms with E-state index in [0.29, 0.717) is 10.6 Å². The maximum atomic E-state index is 12.1. The van der Waals surface area contributed by atoms with E-state index in [2.05, 4.69) is 5.32 Å². The van der Waals surface area contributed by atoms with Gasteiger partial charge in [-0.15, -0.1) is 0 Å². The summed E-state index contributed by atoms with van der Waals surface area (Å²) in [7, 11) is 1.60. The molecule has 0 fully saturated rings. The fourth-order valence-electron chi connectivity index (χ4n) is 2.26. The summed E-state index contributed by atoms with van der Waals surface area (Å²) in [6, 6.07) is 13.8. The third-order valence-corrected chi connectivity index (χ3v) is 3.85. The second-order valence-corrected chi connectivity index (χ2v) is 5.81. The molecule has 2 unspecified atom stereocenters. The highest BCUT2D eigenvalue weighted by molar-refractivity contribution is 6.30. The Hall–Kier alpha value is -2.04. The second-order valence-electron chi connectivity index (χ2n) is 5.38. The fourth-order valence-corrected chi connectivity index (χ4v) is 2.39. The number of benzene rings is 2. The molecule has 0 bridgehead atoms. The Morgan fingerprint density at radius 3 is 2.35 bits per heavy atom. The molecule has 0 saturated carbocycles. The predicted molar refractivity (Wildman–Crippen MR) is 90.7 cm³/mol. The van der Waals surface area contributed by atoms with Gasteiger partial charge in [0.05, 0.1) is 25.7 Å². The van der Waals surface area contributed by atoms with Crippen LogP contribution in [0.25, 0.3) is 0 Å². The molecule has 1 amide bonds. The van der Waals surface area contributed by atoms with Crippen molar-refractivity contribution < 1.29 is 14.6 Å². The molecule has 2 aromatic carbocycles. The van der Waals surface area contributed by atoms with Crippen molar-refractivity contribution in [1.29, 1.82) is 0 Å². The molecular weight excluding hydrogens is 314 g/mol. The number of carbonyl (C=O) groups is 1. The summed E-state index contributed by atoms with van der Waals surface area (Å²) in [5, 5.41) is 13.7. The molecule has 0 aliphatic heterocycles. The van der Waals surface area contributed by atoms with Crippen LogP contribution in [0, 0.1) is 0 Å². The number of ether oxygens (including phenoxy) is 1. The first-order valence-electron chi connectivity index (χ1n) is 7.35. The molecule has 0 saturated heterocycles. The Kier molecular flexibility index (Phi) is 6.02. The van der Waals surface area contributed by atoms with Crippen molar-refractivity contribution in [2.75, 3.05) is 7.11 Å². The van der Waals surface area contributed by atoms with Crippen molar-refractivity contribution in [3.05, 3.63) is 64.7 Å². The molecule has 5 heteroatoms. The zero-order valence-electron chi connectivity index (χ0n) is 13.1. The molecule has 2 atom stereocenters. The third kappa shape index (κ3) is 4.98. The van der Waals surface area contributed by atoms with E-state index in [-0.39, 0.29) is 12.3 Å². The van der Waals surface area contributed by atoms with Gasteiger partial charge in [-0.1, -0.05) is 35.9 Å². The molecule has 2 N–H and O–H groups in total. The number of amides is 1. The summed E-state index contributed by atoms with van der Waals surface area (Å²) >= 11 is 5.83. The first-order valence-corrected chi connectivity index (χ1v) is 7.73. The molecular formula is C18H20ClNO3. The lowest BCUT2D eigenvalue weighted by Gasteiger charge is -2.20. The number of halogens is 1. The van der Waals surface area contributed by atoms with Crippen molar-refractivity contribution in [1.82, 2.24) is 5.32 Å². The van der Waals surface area contributed by atoms with Crippen LogP contribution in [0.5, 0.6) is 5.75 Å². The summed E-state index contributed by atoms with van der Waals surface area (Å²) in [5.74, 6) is 0.608. The molecule has 0 heterocycles. The molecule has 0 aliphatic rings. The van der Waals surface area contributed by atoms with Crippen molar-refractivity contribution >= 4 is 17.5 Å². The number of aliphatic hydroxyl groups excluding tert-OH is 1. The zero-order chi connectivity index (χ0) is 16.8. The second kappa shape index (κ2) is 7.99. The predicted octanol–water partition coefficient (Wildman–Crippen LogP) is 3.13. The van der Waals surface area contributed by atoms with Gasteiger partial charge in [-0.3, -0.25) is 4.79 Å². The Morgan fingerprint density at radius 1 is 1.17 bits per heavy atom. The molecule has 0 spiro atoms. The first-order chi connectivity index (χ1) is 11.0. The van der Waals surface area contributed by atoms with Gasteiger partial charge in [-0.25, -0.2) is 0 Å². The highest BCUT2D eigenvalue weighted by Crippen LogP contribution is 2.19. The average molecular weight is 334 g/mol. The zero-order valence-corrected chi connectivity index (χ0v) is 13.9. The minimum Gasteiger partial charge on any atom is -0.497 e. The van der Waals surface area contributed by atoms with Gasteiger partial charge in [-0.2, -0.15) is 0 Å². The first kappa shape index (κ1) is 17.3. The van der Waals surface area contributed by atoms with Crippen LogP contribution in [-0.2, 0) is 11.2 Å². The van der Waals surface area contributed by atoms with Gasteiger partial charge in [0.1, 0.15) is 5.75 Å². The van der Waals surface area contributed by atoms with Gasteiger partial charge in [0.15, 0.2) is 0 Å². The van der Waals surface area contributed by atoms with Gasteiger partial charge < -0.3 is 15.2 Å². The van der Waals surface area contributed by atoms with E-state index in [9.17, 15) is 9.90 Å². The number of hydrogen-bond donors (Lipinski definition) is 2. The highest BCUT2D eigenvalue weighted by Gasteiger charge is 2.18. The normalized spacial score (nSPS) is 13.2. The van der Waals surface area contributed by atoms with E-state index >= 15 is 0 Å². The summed E-state index contributed by atoms with van der Waals surface area (Å²) in [6.07, 6.45) is -0.533. The topological polar surface area (TPSA) is 58.6 Å². The summed E-state index contributed by atoms with van der Waals surface area (Å²) < 4.78 is 5.08. The van der Waals surface area contributed by atoms with Crippen LogP contribution in [0.1, 0.15) is 24.2 Å². The third-order valence-electron chi connectivity index (χ3n) is 3.60. The Balaban J connectivity index is 1.91. The van der Waals surface area contributed by atoms with Gasteiger partial charge in [0.2, 0.25) is 5.91 Å². The number of carbonyl (C=O) groups excluding carboxylic acids is 1. The number of hydrogen-bond acceptors (Lipinski definition) is 3. The van der Waals surface area contributed by atoms with Crippen LogP contribution in [0.2, 0.25) is 5.02 Å². The monoisotopic (exact) mass is 333 g/mol. The molecule has 4 nitrogen and oxygen atoms in total. The highest BCUT2D eigenvalue weighted by atomic mass is 35.5. The maximum absolute atomic E-state index is 12.1. The number of methoxy groups -OCH3 is 1. The molecule has 23 heavy (non-hydrogen) atoms. The lowest BCUT2D eigenvalue weighted by molar-refractivity contribution is -0.121. The number of rotatable bonds is 6. The maximum Gasteiger partial charge on any atom is 0.224 e. The minimum absolute atomic E-state index is 0.143.